The molecule has 0 rings (SSSR count). The topological polar surface area (TPSA) is 63.6 Å². The number of aliphatic carboxylic acids is 1. The third kappa shape index (κ3) is 5.43. The molecule has 0 heterocycles. The summed E-state index contributed by atoms with van der Waals surface area (Å²) in [5, 5.41) is 9.27. The number of hydrogen-bond donors (Lipinski definition) is 2. The molecule has 0 aliphatic carbocycles. The molecule has 0 aromatic rings. The molecular weight excluding hydrogens is 264 g/mol. The zero-order valence-corrected chi connectivity index (χ0v) is 13.4. The van der Waals surface area contributed by atoms with Gasteiger partial charge in [0.15, 0.2) is 0 Å². The number of thiol groups is 1. The van der Waals surface area contributed by atoms with Gasteiger partial charge in [-0.2, -0.15) is 12.6 Å². The van der Waals surface area contributed by atoms with Gasteiger partial charge in [-0.3, -0.25) is 9.59 Å². The SMILES string of the molecule is CCC(C)(CC(C)(C)C(=O)OCC(C)CS)C(=O)O. The van der Waals surface area contributed by atoms with E-state index in [0.717, 1.165) is 0 Å². The Kier molecular flexibility index (Phi) is 6.91. The molecule has 2 unspecified atom stereocenters. The summed E-state index contributed by atoms with van der Waals surface area (Å²) in [5.74, 6) is -0.378. The first kappa shape index (κ1) is 18.3. The number of carboxylic acid groups (broad SMARTS) is 1. The van der Waals surface area contributed by atoms with Crippen LogP contribution in [0.25, 0.3) is 0 Å². The highest BCUT2D eigenvalue weighted by molar-refractivity contribution is 7.80. The van der Waals surface area contributed by atoms with E-state index in [1.165, 1.54) is 0 Å². The second-order valence-corrected chi connectivity index (χ2v) is 6.53. The van der Waals surface area contributed by atoms with Gasteiger partial charge in [-0.25, -0.2) is 0 Å². The molecule has 5 heteroatoms. The first-order valence-corrected chi connectivity index (χ1v) is 7.23. The minimum Gasteiger partial charge on any atom is -0.481 e. The van der Waals surface area contributed by atoms with E-state index < -0.39 is 16.8 Å². The summed E-state index contributed by atoms with van der Waals surface area (Å²) in [7, 11) is 0. The van der Waals surface area contributed by atoms with Crippen molar-refractivity contribution in [2.75, 3.05) is 12.4 Å². The van der Waals surface area contributed by atoms with Crippen LogP contribution in [0.15, 0.2) is 0 Å². The van der Waals surface area contributed by atoms with Crippen LogP contribution in [0.4, 0.5) is 0 Å². The third-order valence-electron chi connectivity index (χ3n) is 3.49. The largest absolute Gasteiger partial charge is 0.481 e. The number of hydrogen-bond acceptors (Lipinski definition) is 4. The van der Waals surface area contributed by atoms with Gasteiger partial charge in [0.05, 0.1) is 17.4 Å². The Morgan fingerprint density at radius 3 is 2.21 bits per heavy atom. The Morgan fingerprint density at radius 1 is 1.32 bits per heavy atom. The fraction of sp³-hybridized carbons (Fsp3) is 0.857. The average molecular weight is 290 g/mol. The van der Waals surface area contributed by atoms with Crippen molar-refractivity contribution in [3.05, 3.63) is 0 Å². The first-order chi connectivity index (χ1) is 8.59. The molecular formula is C14H26O4S. The van der Waals surface area contributed by atoms with Crippen molar-refractivity contribution in [1.82, 2.24) is 0 Å². The normalized spacial score (nSPS) is 16.5. The smallest absolute Gasteiger partial charge is 0.311 e. The molecule has 0 saturated carbocycles. The molecule has 4 nitrogen and oxygen atoms in total. The van der Waals surface area contributed by atoms with Crippen LogP contribution in [0.2, 0.25) is 0 Å². The predicted molar refractivity (Wildman–Crippen MR) is 78.4 cm³/mol. The van der Waals surface area contributed by atoms with E-state index >= 15 is 0 Å². The lowest BCUT2D eigenvalue weighted by molar-refractivity contribution is -0.160. The van der Waals surface area contributed by atoms with E-state index in [1.54, 1.807) is 20.8 Å². The molecule has 0 aliphatic heterocycles. The minimum absolute atomic E-state index is 0.195. The Hall–Kier alpha value is -0.710. The van der Waals surface area contributed by atoms with Crippen molar-refractivity contribution in [1.29, 1.82) is 0 Å². The zero-order valence-electron chi connectivity index (χ0n) is 12.5. The monoisotopic (exact) mass is 290 g/mol. The van der Waals surface area contributed by atoms with Gasteiger partial charge in [-0.05, 0) is 45.3 Å². The highest BCUT2D eigenvalue weighted by Crippen LogP contribution is 2.37. The summed E-state index contributed by atoms with van der Waals surface area (Å²) in [5.41, 5.74) is -1.71. The van der Waals surface area contributed by atoms with Crippen molar-refractivity contribution in [3.63, 3.8) is 0 Å². The Balaban J connectivity index is 4.69. The van der Waals surface area contributed by atoms with Gasteiger partial charge in [-0.1, -0.05) is 13.8 Å². The summed E-state index contributed by atoms with van der Waals surface area (Å²) in [6.45, 7) is 9.22. The van der Waals surface area contributed by atoms with Crippen LogP contribution in [0, 0.1) is 16.7 Å². The summed E-state index contributed by atoms with van der Waals surface area (Å²) < 4.78 is 5.25. The number of esters is 1. The van der Waals surface area contributed by atoms with Gasteiger partial charge in [0.2, 0.25) is 0 Å². The molecule has 1 N–H and O–H groups in total. The maximum atomic E-state index is 12.1. The summed E-state index contributed by atoms with van der Waals surface area (Å²) in [6, 6.07) is 0. The van der Waals surface area contributed by atoms with Gasteiger partial charge in [0.1, 0.15) is 0 Å². The van der Waals surface area contributed by atoms with Crippen molar-refractivity contribution in [2.24, 2.45) is 16.7 Å². The lowest BCUT2D eigenvalue weighted by Gasteiger charge is -2.32. The van der Waals surface area contributed by atoms with Crippen LogP contribution in [-0.2, 0) is 14.3 Å². The maximum absolute atomic E-state index is 12.1. The summed E-state index contributed by atoms with van der Waals surface area (Å²) in [6.07, 6.45) is 0.742. The minimum atomic E-state index is -0.905. The Labute approximate surface area is 121 Å². The van der Waals surface area contributed by atoms with Gasteiger partial charge in [-0.15, -0.1) is 0 Å². The highest BCUT2D eigenvalue weighted by Gasteiger charge is 2.41. The zero-order chi connectivity index (χ0) is 15.3. The standard InChI is InChI=1S/C14H26O4S/c1-6-14(5,11(15)16)9-13(3,4)12(17)18-7-10(2)8-19/h10,19H,6-9H2,1-5H3,(H,15,16). The van der Waals surface area contributed by atoms with Crippen molar-refractivity contribution >= 4 is 24.6 Å². The lowest BCUT2D eigenvalue weighted by Crippen LogP contribution is -2.38. The molecule has 2 atom stereocenters. The fourth-order valence-electron chi connectivity index (χ4n) is 1.87. The van der Waals surface area contributed by atoms with E-state index in [9.17, 15) is 14.7 Å². The van der Waals surface area contributed by atoms with E-state index in [-0.39, 0.29) is 18.3 Å². The highest BCUT2D eigenvalue weighted by atomic mass is 32.1. The summed E-state index contributed by atoms with van der Waals surface area (Å²) in [4.78, 5) is 23.4. The third-order valence-corrected chi connectivity index (χ3v) is 4.12. The van der Waals surface area contributed by atoms with E-state index in [4.69, 9.17) is 4.74 Å². The molecule has 112 valence electrons. The number of carboxylic acids is 1. The van der Waals surface area contributed by atoms with Crippen molar-refractivity contribution < 1.29 is 19.4 Å². The van der Waals surface area contributed by atoms with Gasteiger partial charge in [0, 0.05) is 0 Å². The van der Waals surface area contributed by atoms with E-state index in [2.05, 4.69) is 12.6 Å². The maximum Gasteiger partial charge on any atom is 0.311 e. The van der Waals surface area contributed by atoms with Gasteiger partial charge < -0.3 is 9.84 Å². The van der Waals surface area contributed by atoms with Crippen LogP contribution in [0.1, 0.15) is 47.5 Å². The molecule has 0 aromatic heterocycles. The molecule has 0 spiro atoms. The molecule has 0 amide bonds. The molecule has 0 bridgehead atoms. The van der Waals surface area contributed by atoms with E-state index in [0.29, 0.717) is 18.8 Å². The Morgan fingerprint density at radius 2 is 1.84 bits per heavy atom. The second-order valence-electron chi connectivity index (χ2n) is 6.17. The van der Waals surface area contributed by atoms with Crippen LogP contribution in [-0.4, -0.2) is 29.4 Å². The van der Waals surface area contributed by atoms with Crippen molar-refractivity contribution in [2.45, 2.75) is 47.5 Å². The van der Waals surface area contributed by atoms with Gasteiger partial charge in [0.25, 0.3) is 0 Å². The quantitative estimate of drug-likeness (QED) is 0.533. The number of carbonyl (C=O) groups is 2. The second kappa shape index (κ2) is 7.17. The van der Waals surface area contributed by atoms with Crippen LogP contribution >= 0.6 is 12.6 Å². The number of ether oxygens (including phenoxy) is 1. The number of rotatable bonds is 8. The van der Waals surface area contributed by atoms with E-state index in [1.807, 2.05) is 13.8 Å². The molecule has 0 aromatic carbocycles. The average Bonchev–Trinajstić information content (AvgIpc) is 2.34. The lowest BCUT2D eigenvalue weighted by atomic mass is 9.72. The van der Waals surface area contributed by atoms with Crippen molar-refractivity contribution in [3.8, 4) is 0 Å². The molecule has 19 heavy (non-hydrogen) atoms. The number of carbonyl (C=O) groups excluding carboxylic acids is 1. The summed E-state index contributed by atoms with van der Waals surface area (Å²) >= 11 is 4.13. The molecule has 0 aliphatic rings. The molecule has 0 fully saturated rings. The van der Waals surface area contributed by atoms with Crippen LogP contribution in [0.3, 0.4) is 0 Å². The van der Waals surface area contributed by atoms with Crippen LogP contribution in [0.5, 0.6) is 0 Å². The molecule has 0 radical (unpaired) electrons. The van der Waals surface area contributed by atoms with Crippen LogP contribution < -0.4 is 0 Å². The van der Waals surface area contributed by atoms with Gasteiger partial charge >= 0.3 is 11.9 Å². The predicted octanol–water partition coefficient (Wildman–Crippen LogP) is 3.01. The fourth-order valence-corrected chi connectivity index (χ4v) is 1.97. The Bertz CT molecular complexity index is 327. The molecule has 0 saturated heterocycles. The first-order valence-electron chi connectivity index (χ1n) is 6.60.